The Morgan fingerprint density at radius 2 is 2.00 bits per heavy atom. The predicted molar refractivity (Wildman–Crippen MR) is 79.1 cm³/mol. The van der Waals surface area contributed by atoms with Crippen molar-refractivity contribution >= 4 is 15.9 Å². The van der Waals surface area contributed by atoms with E-state index in [1.807, 2.05) is 24.3 Å². The Kier molecular flexibility index (Phi) is 4.68. The zero-order chi connectivity index (χ0) is 13.0. The third kappa shape index (κ3) is 4.29. The van der Waals surface area contributed by atoms with Crippen LogP contribution in [0.1, 0.15) is 26.7 Å². The SMILES string of the molecule is CC1(C)CCN(CCOc2cccc(Br)c2)CC1. The monoisotopic (exact) mass is 311 g/mol. The number of rotatable bonds is 4. The molecular formula is C15H22BrNO. The number of ether oxygens (including phenoxy) is 1. The lowest BCUT2D eigenvalue weighted by molar-refractivity contribution is 0.116. The molecule has 2 nitrogen and oxygen atoms in total. The zero-order valence-corrected chi connectivity index (χ0v) is 12.9. The molecule has 0 aliphatic carbocycles. The van der Waals surface area contributed by atoms with Gasteiger partial charge in [0, 0.05) is 11.0 Å². The number of hydrogen-bond acceptors (Lipinski definition) is 2. The Morgan fingerprint density at radius 3 is 2.67 bits per heavy atom. The van der Waals surface area contributed by atoms with E-state index in [1.165, 1.54) is 25.9 Å². The molecule has 0 spiro atoms. The van der Waals surface area contributed by atoms with Gasteiger partial charge in [-0.15, -0.1) is 0 Å². The first-order chi connectivity index (χ1) is 8.55. The first kappa shape index (κ1) is 13.9. The average molecular weight is 312 g/mol. The van der Waals surface area contributed by atoms with Gasteiger partial charge in [0.15, 0.2) is 0 Å². The summed E-state index contributed by atoms with van der Waals surface area (Å²) in [6.07, 6.45) is 2.59. The van der Waals surface area contributed by atoms with Crippen LogP contribution < -0.4 is 4.74 Å². The van der Waals surface area contributed by atoms with Crippen molar-refractivity contribution in [3.63, 3.8) is 0 Å². The van der Waals surface area contributed by atoms with E-state index in [0.717, 1.165) is 23.4 Å². The number of halogens is 1. The lowest BCUT2D eigenvalue weighted by Gasteiger charge is -2.36. The number of piperidine rings is 1. The summed E-state index contributed by atoms with van der Waals surface area (Å²) in [5, 5.41) is 0. The molecule has 18 heavy (non-hydrogen) atoms. The minimum Gasteiger partial charge on any atom is -0.492 e. The van der Waals surface area contributed by atoms with Crippen molar-refractivity contribution in [3.8, 4) is 5.75 Å². The fourth-order valence-corrected chi connectivity index (χ4v) is 2.61. The highest BCUT2D eigenvalue weighted by Crippen LogP contribution is 2.29. The highest BCUT2D eigenvalue weighted by Gasteiger charge is 2.24. The van der Waals surface area contributed by atoms with Gasteiger partial charge in [0.1, 0.15) is 12.4 Å². The highest BCUT2D eigenvalue weighted by molar-refractivity contribution is 9.10. The van der Waals surface area contributed by atoms with Crippen LogP contribution in [0.5, 0.6) is 5.75 Å². The van der Waals surface area contributed by atoms with Crippen molar-refractivity contribution in [2.24, 2.45) is 5.41 Å². The van der Waals surface area contributed by atoms with Crippen molar-refractivity contribution in [1.82, 2.24) is 4.90 Å². The zero-order valence-electron chi connectivity index (χ0n) is 11.3. The smallest absolute Gasteiger partial charge is 0.120 e. The van der Waals surface area contributed by atoms with Crippen LogP contribution in [-0.4, -0.2) is 31.1 Å². The molecule has 1 aromatic carbocycles. The molecule has 0 saturated carbocycles. The van der Waals surface area contributed by atoms with Crippen molar-refractivity contribution < 1.29 is 4.74 Å². The van der Waals surface area contributed by atoms with Crippen LogP contribution in [0.2, 0.25) is 0 Å². The molecule has 1 saturated heterocycles. The average Bonchev–Trinajstić information content (AvgIpc) is 2.31. The Hall–Kier alpha value is -0.540. The van der Waals surface area contributed by atoms with Crippen LogP contribution in [0, 0.1) is 5.41 Å². The van der Waals surface area contributed by atoms with Gasteiger partial charge in [0.25, 0.3) is 0 Å². The van der Waals surface area contributed by atoms with Gasteiger partial charge in [-0.2, -0.15) is 0 Å². The first-order valence-electron chi connectivity index (χ1n) is 6.66. The quantitative estimate of drug-likeness (QED) is 0.835. The molecule has 0 bridgehead atoms. The van der Waals surface area contributed by atoms with E-state index in [2.05, 4.69) is 34.7 Å². The van der Waals surface area contributed by atoms with Crippen molar-refractivity contribution in [2.45, 2.75) is 26.7 Å². The summed E-state index contributed by atoms with van der Waals surface area (Å²) < 4.78 is 6.84. The second-order valence-corrected chi connectivity index (χ2v) is 6.73. The second kappa shape index (κ2) is 6.07. The van der Waals surface area contributed by atoms with Crippen LogP contribution in [0.4, 0.5) is 0 Å². The molecule has 1 heterocycles. The van der Waals surface area contributed by atoms with Crippen molar-refractivity contribution in [3.05, 3.63) is 28.7 Å². The van der Waals surface area contributed by atoms with Gasteiger partial charge < -0.3 is 4.74 Å². The van der Waals surface area contributed by atoms with E-state index < -0.39 is 0 Å². The third-order valence-electron chi connectivity index (χ3n) is 3.68. The van der Waals surface area contributed by atoms with Crippen molar-refractivity contribution in [1.29, 1.82) is 0 Å². The molecule has 0 radical (unpaired) electrons. The number of hydrogen-bond donors (Lipinski definition) is 0. The molecule has 1 fully saturated rings. The van der Waals surface area contributed by atoms with E-state index >= 15 is 0 Å². The van der Waals surface area contributed by atoms with Crippen LogP contribution in [0.25, 0.3) is 0 Å². The summed E-state index contributed by atoms with van der Waals surface area (Å²) in [7, 11) is 0. The molecular weight excluding hydrogens is 290 g/mol. The standard InChI is InChI=1S/C15H22BrNO/c1-15(2)6-8-17(9-7-15)10-11-18-14-5-3-4-13(16)12-14/h3-5,12H,6-11H2,1-2H3. The molecule has 1 aromatic rings. The third-order valence-corrected chi connectivity index (χ3v) is 4.18. The molecule has 0 unspecified atom stereocenters. The van der Waals surface area contributed by atoms with Gasteiger partial charge in [0.2, 0.25) is 0 Å². The normalized spacial score (nSPS) is 19.7. The fourth-order valence-electron chi connectivity index (χ4n) is 2.23. The predicted octanol–water partition coefficient (Wildman–Crippen LogP) is 3.95. The first-order valence-corrected chi connectivity index (χ1v) is 7.45. The second-order valence-electron chi connectivity index (χ2n) is 5.81. The molecule has 0 N–H and O–H groups in total. The van der Waals surface area contributed by atoms with Crippen LogP contribution in [0.15, 0.2) is 28.7 Å². The number of likely N-dealkylation sites (tertiary alicyclic amines) is 1. The summed E-state index contributed by atoms with van der Waals surface area (Å²) in [5.74, 6) is 0.946. The fraction of sp³-hybridized carbons (Fsp3) is 0.600. The molecule has 1 aliphatic rings. The summed E-state index contributed by atoms with van der Waals surface area (Å²) in [6.45, 7) is 8.94. The van der Waals surface area contributed by atoms with Gasteiger partial charge in [-0.3, -0.25) is 4.90 Å². The van der Waals surface area contributed by atoms with Gasteiger partial charge in [-0.1, -0.05) is 35.8 Å². The largest absolute Gasteiger partial charge is 0.492 e. The minimum atomic E-state index is 0.529. The van der Waals surface area contributed by atoms with E-state index in [0.29, 0.717) is 5.41 Å². The van der Waals surface area contributed by atoms with E-state index in [-0.39, 0.29) is 0 Å². The molecule has 1 aliphatic heterocycles. The van der Waals surface area contributed by atoms with E-state index in [9.17, 15) is 0 Å². The number of benzene rings is 1. The molecule has 3 heteroatoms. The van der Waals surface area contributed by atoms with E-state index in [1.54, 1.807) is 0 Å². The number of nitrogens with zero attached hydrogens (tertiary/aromatic N) is 1. The van der Waals surface area contributed by atoms with Gasteiger partial charge in [-0.25, -0.2) is 0 Å². The lowest BCUT2D eigenvalue weighted by Crippen LogP contribution is -2.39. The summed E-state index contributed by atoms with van der Waals surface area (Å²) in [6, 6.07) is 8.03. The lowest BCUT2D eigenvalue weighted by atomic mass is 9.83. The highest BCUT2D eigenvalue weighted by atomic mass is 79.9. The van der Waals surface area contributed by atoms with Crippen LogP contribution >= 0.6 is 15.9 Å². The van der Waals surface area contributed by atoms with Gasteiger partial charge >= 0.3 is 0 Å². The molecule has 0 amide bonds. The van der Waals surface area contributed by atoms with E-state index in [4.69, 9.17) is 4.74 Å². The molecule has 100 valence electrons. The Labute approximate surface area is 118 Å². The molecule has 2 rings (SSSR count). The maximum atomic E-state index is 5.77. The molecule has 0 atom stereocenters. The summed E-state index contributed by atoms with van der Waals surface area (Å²) in [4.78, 5) is 2.50. The van der Waals surface area contributed by atoms with Crippen LogP contribution in [-0.2, 0) is 0 Å². The van der Waals surface area contributed by atoms with Gasteiger partial charge in [0.05, 0.1) is 0 Å². The molecule has 0 aromatic heterocycles. The Morgan fingerprint density at radius 1 is 1.28 bits per heavy atom. The maximum Gasteiger partial charge on any atom is 0.120 e. The van der Waals surface area contributed by atoms with Crippen molar-refractivity contribution in [2.75, 3.05) is 26.2 Å². The minimum absolute atomic E-state index is 0.529. The van der Waals surface area contributed by atoms with Gasteiger partial charge in [-0.05, 0) is 49.5 Å². The summed E-state index contributed by atoms with van der Waals surface area (Å²) >= 11 is 3.45. The topological polar surface area (TPSA) is 12.5 Å². The maximum absolute atomic E-state index is 5.77. The Bertz CT molecular complexity index is 382. The Balaban J connectivity index is 1.70. The summed E-state index contributed by atoms with van der Waals surface area (Å²) in [5.41, 5.74) is 0.529. The van der Waals surface area contributed by atoms with Crippen LogP contribution in [0.3, 0.4) is 0 Å².